The lowest BCUT2D eigenvalue weighted by atomic mass is 10.0. The van der Waals surface area contributed by atoms with Gasteiger partial charge in [-0.25, -0.2) is 4.98 Å². The number of amides is 1. The largest absolute Gasteiger partial charge is 0.394 e. The van der Waals surface area contributed by atoms with Gasteiger partial charge in [0.1, 0.15) is 0 Å². The number of pyridine rings is 1. The third-order valence-corrected chi connectivity index (χ3v) is 4.49. The molecule has 4 nitrogen and oxygen atoms in total. The molecule has 1 unspecified atom stereocenters. The third-order valence-electron chi connectivity index (χ3n) is 4.49. The summed E-state index contributed by atoms with van der Waals surface area (Å²) < 4.78 is 0. The van der Waals surface area contributed by atoms with E-state index in [1.807, 2.05) is 60.7 Å². The van der Waals surface area contributed by atoms with Crippen LogP contribution in [0.2, 0.25) is 0 Å². The van der Waals surface area contributed by atoms with Gasteiger partial charge < -0.3 is 10.4 Å². The van der Waals surface area contributed by atoms with Crippen molar-refractivity contribution < 1.29 is 9.90 Å². The standard InChI is InChI=1S/C22H24N2O2/c1-2-3-11-17(15-25)23-22(26)19-14-21(16-9-5-4-6-10-16)24-20-13-8-7-12-18(19)20/h4-10,12-14,17,25H,2-3,11,15H2,1H3,(H,23,26). The molecule has 0 saturated carbocycles. The predicted molar refractivity (Wildman–Crippen MR) is 105 cm³/mol. The molecule has 2 N–H and O–H groups in total. The Morgan fingerprint density at radius 3 is 2.58 bits per heavy atom. The van der Waals surface area contributed by atoms with E-state index in [0.717, 1.165) is 41.4 Å². The Kier molecular flexibility index (Phi) is 5.97. The van der Waals surface area contributed by atoms with Gasteiger partial charge in [0.15, 0.2) is 0 Å². The highest BCUT2D eigenvalue weighted by Gasteiger charge is 2.17. The van der Waals surface area contributed by atoms with E-state index in [1.54, 1.807) is 0 Å². The fourth-order valence-corrected chi connectivity index (χ4v) is 3.04. The maximum Gasteiger partial charge on any atom is 0.252 e. The first-order chi connectivity index (χ1) is 12.7. The van der Waals surface area contributed by atoms with E-state index in [0.29, 0.717) is 5.56 Å². The van der Waals surface area contributed by atoms with Crippen LogP contribution in [0, 0.1) is 0 Å². The molecule has 3 rings (SSSR count). The van der Waals surface area contributed by atoms with Gasteiger partial charge in [0.25, 0.3) is 5.91 Å². The SMILES string of the molecule is CCCCC(CO)NC(=O)c1cc(-c2ccccc2)nc2ccccc12. The molecule has 2 aromatic carbocycles. The molecule has 1 heterocycles. The lowest BCUT2D eigenvalue weighted by Gasteiger charge is -2.17. The Balaban J connectivity index is 1.99. The van der Waals surface area contributed by atoms with Crippen molar-refractivity contribution in [2.75, 3.05) is 6.61 Å². The van der Waals surface area contributed by atoms with Crippen LogP contribution in [0.15, 0.2) is 60.7 Å². The van der Waals surface area contributed by atoms with Crippen molar-refractivity contribution in [2.24, 2.45) is 0 Å². The van der Waals surface area contributed by atoms with Gasteiger partial charge in [-0.15, -0.1) is 0 Å². The number of nitrogens with one attached hydrogen (secondary N) is 1. The summed E-state index contributed by atoms with van der Waals surface area (Å²) in [5.74, 6) is -0.170. The van der Waals surface area contributed by atoms with Crippen LogP contribution in [0.3, 0.4) is 0 Å². The third kappa shape index (κ3) is 4.09. The normalized spacial score (nSPS) is 12.1. The number of para-hydroxylation sites is 1. The molecule has 3 aromatic rings. The highest BCUT2D eigenvalue weighted by Crippen LogP contribution is 2.25. The lowest BCUT2D eigenvalue weighted by molar-refractivity contribution is 0.0914. The van der Waals surface area contributed by atoms with Crippen molar-refractivity contribution in [3.8, 4) is 11.3 Å². The summed E-state index contributed by atoms with van der Waals surface area (Å²) in [7, 11) is 0. The van der Waals surface area contributed by atoms with Gasteiger partial charge in [0.2, 0.25) is 0 Å². The summed E-state index contributed by atoms with van der Waals surface area (Å²) in [5, 5.41) is 13.4. The van der Waals surface area contributed by atoms with Gasteiger partial charge in [-0.3, -0.25) is 4.79 Å². The summed E-state index contributed by atoms with van der Waals surface area (Å²) in [6, 6.07) is 19.1. The number of hydrogen-bond donors (Lipinski definition) is 2. The minimum Gasteiger partial charge on any atom is -0.394 e. The van der Waals surface area contributed by atoms with Crippen LogP contribution in [0.5, 0.6) is 0 Å². The van der Waals surface area contributed by atoms with Crippen molar-refractivity contribution in [1.29, 1.82) is 0 Å². The van der Waals surface area contributed by atoms with Gasteiger partial charge in [-0.05, 0) is 18.6 Å². The van der Waals surface area contributed by atoms with Gasteiger partial charge >= 0.3 is 0 Å². The molecule has 26 heavy (non-hydrogen) atoms. The zero-order valence-electron chi connectivity index (χ0n) is 15.0. The van der Waals surface area contributed by atoms with Crippen molar-refractivity contribution in [1.82, 2.24) is 10.3 Å². The van der Waals surface area contributed by atoms with Crippen LogP contribution in [0.4, 0.5) is 0 Å². The minimum absolute atomic E-state index is 0.0553. The van der Waals surface area contributed by atoms with E-state index in [9.17, 15) is 9.90 Å². The van der Waals surface area contributed by atoms with Crippen LogP contribution in [0.25, 0.3) is 22.2 Å². The van der Waals surface area contributed by atoms with Crippen LogP contribution < -0.4 is 5.32 Å². The second-order valence-corrected chi connectivity index (χ2v) is 6.43. The summed E-state index contributed by atoms with van der Waals surface area (Å²) in [5.41, 5.74) is 3.11. The van der Waals surface area contributed by atoms with Crippen molar-refractivity contribution in [3.05, 3.63) is 66.2 Å². The summed E-state index contributed by atoms with van der Waals surface area (Å²) >= 11 is 0. The van der Waals surface area contributed by atoms with E-state index in [2.05, 4.69) is 12.2 Å². The predicted octanol–water partition coefficient (Wildman–Crippen LogP) is 4.18. The van der Waals surface area contributed by atoms with Gasteiger partial charge in [-0.1, -0.05) is 68.3 Å². The minimum atomic E-state index is -0.227. The first kappa shape index (κ1) is 18.1. The number of hydrogen-bond acceptors (Lipinski definition) is 3. The summed E-state index contributed by atoms with van der Waals surface area (Å²) in [4.78, 5) is 17.6. The first-order valence-corrected chi connectivity index (χ1v) is 9.10. The van der Waals surface area contributed by atoms with E-state index >= 15 is 0 Å². The maximum absolute atomic E-state index is 12.9. The average molecular weight is 348 g/mol. The van der Waals surface area contributed by atoms with Crippen molar-refractivity contribution in [2.45, 2.75) is 32.2 Å². The molecular weight excluding hydrogens is 324 g/mol. The Morgan fingerprint density at radius 2 is 1.85 bits per heavy atom. The van der Waals surface area contributed by atoms with Crippen LogP contribution >= 0.6 is 0 Å². The Morgan fingerprint density at radius 1 is 1.12 bits per heavy atom. The fourth-order valence-electron chi connectivity index (χ4n) is 3.04. The quantitative estimate of drug-likeness (QED) is 0.673. The van der Waals surface area contributed by atoms with E-state index < -0.39 is 0 Å². The number of benzene rings is 2. The number of unbranched alkanes of at least 4 members (excludes halogenated alkanes) is 1. The summed E-state index contributed by atoms with van der Waals surface area (Å²) in [6.45, 7) is 2.04. The molecule has 1 amide bonds. The second kappa shape index (κ2) is 8.59. The molecule has 134 valence electrons. The second-order valence-electron chi connectivity index (χ2n) is 6.43. The Hall–Kier alpha value is -2.72. The van der Waals surface area contributed by atoms with Crippen LogP contribution in [-0.4, -0.2) is 28.6 Å². The molecule has 1 atom stereocenters. The number of aromatic nitrogens is 1. The van der Waals surface area contributed by atoms with Crippen molar-refractivity contribution >= 4 is 16.8 Å². The molecule has 0 aliphatic heterocycles. The number of carbonyl (C=O) groups excluding carboxylic acids is 1. The molecule has 0 spiro atoms. The highest BCUT2D eigenvalue weighted by atomic mass is 16.3. The molecule has 0 aliphatic carbocycles. The molecule has 0 aliphatic rings. The topological polar surface area (TPSA) is 62.2 Å². The zero-order valence-corrected chi connectivity index (χ0v) is 15.0. The Bertz CT molecular complexity index is 878. The van der Waals surface area contributed by atoms with Gasteiger partial charge in [-0.2, -0.15) is 0 Å². The number of nitrogens with zero attached hydrogens (tertiary/aromatic N) is 1. The van der Waals surface area contributed by atoms with E-state index in [1.165, 1.54) is 0 Å². The first-order valence-electron chi connectivity index (χ1n) is 9.10. The number of carbonyl (C=O) groups is 1. The van der Waals surface area contributed by atoms with Crippen LogP contribution in [0.1, 0.15) is 36.5 Å². The van der Waals surface area contributed by atoms with Crippen molar-refractivity contribution in [3.63, 3.8) is 0 Å². The molecule has 0 radical (unpaired) electrons. The summed E-state index contributed by atoms with van der Waals surface area (Å²) in [6.07, 6.45) is 2.77. The maximum atomic E-state index is 12.9. The van der Waals surface area contributed by atoms with E-state index in [-0.39, 0.29) is 18.6 Å². The smallest absolute Gasteiger partial charge is 0.252 e. The zero-order chi connectivity index (χ0) is 18.4. The molecule has 0 fully saturated rings. The highest BCUT2D eigenvalue weighted by molar-refractivity contribution is 6.07. The molecule has 4 heteroatoms. The monoisotopic (exact) mass is 348 g/mol. The fraction of sp³-hybridized carbons (Fsp3) is 0.273. The molecule has 0 saturated heterocycles. The number of aliphatic hydroxyl groups is 1. The number of fused-ring (bicyclic) bond motifs is 1. The Labute approximate surface area is 153 Å². The van der Waals surface area contributed by atoms with Gasteiger partial charge in [0.05, 0.1) is 29.4 Å². The van der Waals surface area contributed by atoms with Crippen LogP contribution in [-0.2, 0) is 0 Å². The van der Waals surface area contributed by atoms with Gasteiger partial charge in [0, 0.05) is 10.9 Å². The lowest BCUT2D eigenvalue weighted by Crippen LogP contribution is -2.37. The molecule has 0 bridgehead atoms. The van der Waals surface area contributed by atoms with E-state index in [4.69, 9.17) is 4.98 Å². The number of aliphatic hydroxyl groups excluding tert-OH is 1. The average Bonchev–Trinajstić information content (AvgIpc) is 2.70. The molecular formula is C22H24N2O2. The number of rotatable bonds is 7. The molecule has 1 aromatic heterocycles.